The van der Waals surface area contributed by atoms with E-state index in [4.69, 9.17) is 4.74 Å². The van der Waals surface area contributed by atoms with Crippen molar-refractivity contribution in [3.63, 3.8) is 0 Å². The van der Waals surface area contributed by atoms with Crippen molar-refractivity contribution in [2.24, 2.45) is 5.92 Å². The maximum atomic E-state index is 11.8. The molecule has 6 heteroatoms. The molecule has 1 saturated heterocycles. The Morgan fingerprint density at radius 3 is 2.83 bits per heavy atom. The van der Waals surface area contributed by atoms with E-state index in [2.05, 4.69) is 15.5 Å². The van der Waals surface area contributed by atoms with Gasteiger partial charge in [0.1, 0.15) is 0 Å². The zero-order chi connectivity index (χ0) is 13.5. The Morgan fingerprint density at radius 2 is 2.22 bits per heavy atom. The Kier molecular flexibility index (Phi) is 6.07. The first-order valence-electron chi connectivity index (χ1n) is 6.34. The summed E-state index contributed by atoms with van der Waals surface area (Å²) in [4.78, 5) is 25.0. The largest absolute Gasteiger partial charge is 0.384 e. The predicted molar refractivity (Wildman–Crippen MR) is 68.2 cm³/mol. The molecule has 104 valence electrons. The summed E-state index contributed by atoms with van der Waals surface area (Å²) >= 11 is 0. The highest BCUT2D eigenvalue weighted by Crippen LogP contribution is 2.18. The molecule has 18 heavy (non-hydrogen) atoms. The fourth-order valence-corrected chi connectivity index (χ4v) is 2.27. The molecule has 2 N–H and O–H groups in total. The Hall–Kier alpha value is -1.14. The van der Waals surface area contributed by atoms with Crippen LogP contribution in [0.15, 0.2) is 0 Å². The zero-order valence-corrected chi connectivity index (χ0v) is 11.4. The molecular formula is C12H23N3O3. The average molecular weight is 257 g/mol. The minimum atomic E-state index is -0.461. The normalized spacial score (nSPS) is 22.3. The van der Waals surface area contributed by atoms with E-state index in [-0.39, 0.29) is 11.9 Å². The van der Waals surface area contributed by atoms with Gasteiger partial charge in [-0.25, -0.2) is 4.79 Å². The molecule has 0 radical (unpaired) electrons. The van der Waals surface area contributed by atoms with Crippen LogP contribution in [-0.2, 0) is 9.53 Å². The summed E-state index contributed by atoms with van der Waals surface area (Å²) in [6.45, 7) is 4.28. The van der Waals surface area contributed by atoms with Crippen molar-refractivity contribution in [3.8, 4) is 0 Å². The first-order valence-corrected chi connectivity index (χ1v) is 6.34. The maximum absolute atomic E-state index is 11.8. The number of nitrogens with one attached hydrogen (secondary N) is 2. The zero-order valence-electron chi connectivity index (χ0n) is 11.4. The third-order valence-corrected chi connectivity index (χ3v) is 3.34. The van der Waals surface area contributed by atoms with Crippen molar-refractivity contribution in [1.82, 2.24) is 15.5 Å². The minimum absolute atomic E-state index is 0.257. The Labute approximate surface area is 108 Å². The standard InChI is InChI=1S/C12H23N3O3/c1-9(11(16)14-12(17)13-2)15-6-4-5-10(7-15)8-18-3/h9-10H,4-8H2,1-3H3,(H2,13,14,16,17)/t9-,10+/m0/s1. The Morgan fingerprint density at radius 1 is 1.50 bits per heavy atom. The number of hydrogen-bond acceptors (Lipinski definition) is 4. The third kappa shape index (κ3) is 4.27. The molecule has 0 aliphatic carbocycles. The molecule has 3 amide bonds. The van der Waals surface area contributed by atoms with Gasteiger partial charge < -0.3 is 10.1 Å². The van der Waals surface area contributed by atoms with Gasteiger partial charge in [0.25, 0.3) is 0 Å². The number of rotatable bonds is 4. The van der Waals surface area contributed by atoms with Crippen LogP contribution in [0.2, 0.25) is 0 Å². The molecule has 1 heterocycles. The summed E-state index contributed by atoms with van der Waals surface area (Å²) in [6, 6.07) is -0.751. The number of carbonyl (C=O) groups is 2. The lowest BCUT2D eigenvalue weighted by atomic mass is 9.97. The quantitative estimate of drug-likeness (QED) is 0.754. The molecule has 1 aliphatic heterocycles. The van der Waals surface area contributed by atoms with Crippen LogP contribution >= 0.6 is 0 Å². The van der Waals surface area contributed by atoms with Gasteiger partial charge in [0.05, 0.1) is 12.6 Å². The van der Waals surface area contributed by atoms with E-state index in [1.165, 1.54) is 7.05 Å². The predicted octanol–water partition coefficient (Wildman–Crippen LogP) is 0.189. The van der Waals surface area contributed by atoms with Gasteiger partial charge in [0.2, 0.25) is 5.91 Å². The number of imide groups is 1. The number of piperidine rings is 1. The molecule has 0 bridgehead atoms. The minimum Gasteiger partial charge on any atom is -0.384 e. The highest BCUT2D eigenvalue weighted by Gasteiger charge is 2.27. The van der Waals surface area contributed by atoms with E-state index < -0.39 is 6.03 Å². The molecule has 2 atom stereocenters. The van der Waals surface area contributed by atoms with Crippen LogP contribution in [-0.4, -0.2) is 56.7 Å². The molecule has 1 fully saturated rings. The van der Waals surface area contributed by atoms with Crippen molar-refractivity contribution < 1.29 is 14.3 Å². The molecule has 1 aliphatic rings. The van der Waals surface area contributed by atoms with E-state index in [0.717, 1.165) is 32.5 Å². The number of nitrogens with zero attached hydrogens (tertiary/aromatic N) is 1. The van der Waals surface area contributed by atoms with Gasteiger partial charge in [-0.15, -0.1) is 0 Å². The van der Waals surface area contributed by atoms with Crippen molar-refractivity contribution >= 4 is 11.9 Å². The molecule has 0 aromatic rings. The van der Waals surface area contributed by atoms with Crippen molar-refractivity contribution in [3.05, 3.63) is 0 Å². The fraction of sp³-hybridized carbons (Fsp3) is 0.833. The number of carbonyl (C=O) groups excluding carboxylic acids is 2. The average Bonchev–Trinajstić information content (AvgIpc) is 2.38. The van der Waals surface area contributed by atoms with E-state index in [1.54, 1.807) is 7.11 Å². The smallest absolute Gasteiger partial charge is 0.321 e. The third-order valence-electron chi connectivity index (χ3n) is 3.34. The summed E-state index contributed by atoms with van der Waals surface area (Å²) < 4.78 is 5.16. The topological polar surface area (TPSA) is 70.7 Å². The van der Waals surface area contributed by atoms with Crippen LogP contribution in [0.5, 0.6) is 0 Å². The lowest BCUT2D eigenvalue weighted by molar-refractivity contribution is -0.125. The Bertz CT molecular complexity index is 294. The van der Waals surface area contributed by atoms with Crippen LogP contribution in [0.25, 0.3) is 0 Å². The molecule has 0 saturated carbocycles. The number of methoxy groups -OCH3 is 1. The van der Waals surface area contributed by atoms with Crippen LogP contribution in [0, 0.1) is 5.92 Å². The lowest BCUT2D eigenvalue weighted by Crippen LogP contribution is -2.52. The molecule has 0 spiro atoms. The van der Waals surface area contributed by atoms with Gasteiger partial charge in [0.15, 0.2) is 0 Å². The monoisotopic (exact) mass is 257 g/mol. The lowest BCUT2D eigenvalue weighted by Gasteiger charge is -2.35. The molecule has 6 nitrogen and oxygen atoms in total. The van der Waals surface area contributed by atoms with Crippen LogP contribution in [0.4, 0.5) is 4.79 Å². The number of amides is 3. The van der Waals surface area contributed by atoms with Gasteiger partial charge in [0, 0.05) is 20.7 Å². The molecule has 0 unspecified atom stereocenters. The van der Waals surface area contributed by atoms with Gasteiger partial charge >= 0.3 is 6.03 Å². The number of urea groups is 1. The van der Waals surface area contributed by atoms with E-state index in [0.29, 0.717) is 5.92 Å². The first kappa shape index (κ1) is 14.9. The number of ether oxygens (including phenoxy) is 1. The van der Waals surface area contributed by atoms with Gasteiger partial charge in [-0.2, -0.15) is 0 Å². The second-order valence-corrected chi connectivity index (χ2v) is 4.70. The fourth-order valence-electron chi connectivity index (χ4n) is 2.27. The second kappa shape index (κ2) is 7.33. The summed E-state index contributed by atoms with van der Waals surface area (Å²) in [7, 11) is 3.18. The summed E-state index contributed by atoms with van der Waals surface area (Å²) in [5.41, 5.74) is 0. The second-order valence-electron chi connectivity index (χ2n) is 4.70. The van der Waals surface area contributed by atoms with Crippen molar-refractivity contribution in [2.75, 3.05) is 33.9 Å². The van der Waals surface area contributed by atoms with Crippen LogP contribution in [0.3, 0.4) is 0 Å². The van der Waals surface area contributed by atoms with Crippen LogP contribution < -0.4 is 10.6 Å². The highest BCUT2D eigenvalue weighted by atomic mass is 16.5. The van der Waals surface area contributed by atoms with Crippen molar-refractivity contribution in [1.29, 1.82) is 0 Å². The Balaban J connectivity index is 2.47. The molecule has 0 aromatic heterocycles. The van der Waals surface area contributed by atoms with Crippen molar-refractivity contribution in [2.45, 2.75) is 25.8 Å². The highest BCUT2D eigenvalue weighted by molar-refractivity contribution is 5.96. The van der Waals surface area contributed by atoms with E-state index in [1.807, 2.05) is 6.92 Å². The van der Waals surface area contributed by atoms with Gasteiger partial charge in [-0.3, -0.25) is 15.0 Å². The van der Waals surface area contributed by atoms with E-state index in [9.17, 15) is 9.59 Å². The first-order chi connectivity index (χ1) is 8.58. The summed E-state index contributed by atoms with van der Waals surface area (Å²) in [6.07, 6.45) is 2.19. The van der Waals surface area contributed by atoms with E-state index >= 15 is 0 Å². The van der Waals surface area contributed by atoms with Gasteiger partial charge in [-0.05, 0) is 32.2 Å². The summed E-state index contributed by atoms with van der Waals surface area (Å²) in [5.74, 6) is 0.214. The summed E-state index contributed by atoms with van der Waals surface area (Å²) in [5, 5.41) is 4.68. The van der Waals surface area contributed by atoms with Crippen LogP contribution in [0.1, 0.15) is 19.8 Å². The molecular weight excluding hydrogens is 234 g/mol. The van der Waals surface area contributed by atoms with Gasteiger partial charge in [-0.1, -0.05) is 0 Å². The SMILES string of the molecule is CNC(=O)NC(=O)[C@H](C)N1CCC[C@@H](COC)C1. The number of hydrogen-bond donors (Lipinski definition) is 2. The molecule has 1 rings (SSSR count). The number of likely N-dealkylation sites (tertiary alicyclic amines) is 1. The molecule has 0 aromatic carbocycles. The maximum Gasteiger partial charge on any atom is 0.321 e.